The van der Waals surface area contributed by atoms with E-state index in [9.17, 15) is 9.59 Å². The molecule has 0 amide bonds. The van der Waals surface area contributed by atoms with Gasteiger partial charge in [-0.25, -0.2) is 4.79 Å². The van der Waals surface area contributed by atoms with Gasteiger partial charge in [0.25, 0.3) is 5.56 Å². The van der Waals surface area contributed by atoms with Crippen molar-refractivity contribution in [2.24, 2.45) is 0 Å². The molecule has 0 bridgehead atoms. The molecule has 10 heteroatoms. The molecule has 1 saturated heterocycles. The van der Waals surface area contributed by atoms with Gasteiger partial charge in [-0.3, -0.25) is 9.78 Å². The number of H-pyrrole nitrogens is 1. The highest BCUT2D eigenvalue weighted by Crippen LogP contribution is 2.29. The number of hydrogen-bond acceptors (Lipinski definition) is 8. The Morgan fingerprint density at radius 3 is 2.96 bits per heavy atom. The van der Waals surface area contributed by atoms with E-state index in [1.54, 1.807) is 24.3 Å². The first kappa shape index (κ1) is 16.2. The van der Waals surface area contributed by atoms with E-state index in [4.69, 9.17) is 15.2 Å². The summed E-state index contributed by atoms with van der Waals surface area (Å²) in [5.41, 5.74) is 5.98. The minimum atomic E-state index is -0.454. The average molecular weight is 356 g/mol. The summed E-state index contributed by atoms with van der Waals surface area (Å²) in [5.74, 6) is -0.415. The van der Waals surface area contributed by atoms with E-state index in [-0.39, 0.29) is 29.8 Å². The van der Waals surface area contributed by atoms with Crippen LogP contribution in [-0.4, -0.2) is 43.6 Å². The number of hydrogen-bond donors (Lipinski definition) is 2. The van der Waals surface area contributed by atoms with Crippen LogP contribution in [0.2, 0.25) is 0 Å². The summed E-state index contributed by atoms with van der Waals surface area (Å²) >= 11 is 0. The molecule has 0 unspecified atom stereocenters. The highest BCUT2D eigenvalue weighted by molar-refractivity contribution is 5.89. The number of carbonyl (C=O) groups is 1. The molecule has 1 aliphatic heterocycles. The maximum Gasteiger partial charge on any atom is 0.338 e. The Hall–Kier alpha value is -3.27. The van der Waals surface area contributed by atoms with Crippen LogP contribution in [0.15, 0.2) is 35.1 Å². The Bertz CT molecular complexity index is 999. The number of nitrogens with two attached hydrogens (primary N) is 1. The van der Waals surface area contributed by atoms with Crippen molar-refractivity contribution in [1.82, 2.24) is 25.0 Å². The van der Waals surface area contributed by atoms with Crippen LogP contribution in [0.1, 0.15) is 29.4 Å². The molecule has 26 heavy (non-hydrogen) atoms. The smallest absolute Gasteiger partial charge is 0.338 e. The van der Waals surface area contributed by atoms with E-state index in [1.807, 2.05) is 6.07 Å². The number of nitrogens with one attached hydrogen (secondary N) is 1. The first-order chi connectivity index (χ1) is 12.6. The van der Waals surface area contributed by atoms with Gasteiger partial charge in [0.15, 0.2) is 17.4 Å². The minimum absolute atomic E-state index is 0.0163. The molecule has 1 fully saturated rings. The number of fused-ring (bicyclic) bond motifs is 1. The molecule has 4 rings (SSSR count). The van der Waals surface area contributed by atoms with Crippen molar-refractivity contribution in [1.29, 1.82) is 0 Å². The Kier molecular flexibility index (Phi) is 4.09. The third kappa shape index (κ3) is 3.02. The van der Waals surface area contributed by atoms with Gasteiger partial charge in [0, 0.05) is 0 Å². The van der Waals surface area contributed by atoms with E-state index in [0.29, 0.717) is 18.4 Å². The molecule has 2 atom stereocenters. The number of nitrogen functional groups attached to an aromatic ring is 1. The molecule has 10 nitrogen and oxygen atoms in total. The molecule has 0 saturated carbocycles. The number of nitrogens with zero attached hydrogens (tertiary/aromatic N) is 4. The van der Waals surface area contributed by atoms with Crippen LogP contribution >= 0.6 is 0 Å². The lowest BCUT2D eigenvalue weighted by molar-refractivity contribution is -0.0359. The number of rotatable bonds is 4. The summed E-state index contributed by atoms with van der Waals surface area (Å²) in [4.78, 5) is 30.3. The van der Waals surface area contributed by atoms with E-state index >= 15 is 0 Å². The normalized spacial score (nSPS) is 19.7. The van der Waals surface area contributed by atoms with Gasteiger partial charge >= 0.3 is 5.97 Å². The SMILES string of the molecule is Nc1nc2c(nnn2[C@H]2CC[C@@H](COC(=O)c3ccccc3)O2)c(=O)[nH]1. The van der Waals surface area contributed by atoms with Gasteiger partial charge in [0.2, 0.25) is 5.95 Å². The molecule has 2 aromatic heterocycles. The second-order valence-corrected chi connectivity index (χ2v) is 5.91. The van der Waals surface area contributed by atoms with Gasteiger partial charge in [-0.2, -0.15) is 9.67 Å². The maximum atomic E-state index is 12.0. The molecule has 1 aliphatic rings. The maximum absolute atomic E-state index is 12.0. The molecular formula is C16H16N6O4. The van der Waals surface area contributed by atoms with Crippen LogP contribution in [0, 0.1) is 0 Å². The Balaban J connectivity index is 1.43. The van der Waals surface area contributed by atoms with Crippen LogP contribution in [0.3, 0.4) is 0 Å². The van der Waals surface area contributed by atoms with Gasteiger partial charge in [0.1, 0.15) is 6.61 Å². The number of aromatic amines is 1. The van der Waals surface area contributed by atoms with Gasteiger partial charge in [-0.1, -0.05) is 23.4 Å². The van der Waals surface area contributed by atoms with Crippen LogP contribution in [-0.2, 0) is 9.47 Å². The second kappa shape index (κ2) is 6.56. The standard InChI is InChI=1S/C16H16N6O4/c17-16-18-13-12(14(23)19-16)20-21-22(13)11-7-6-10(26-11)8-25-15(24)9-4-2-1-3-5-9/h1-5,10-11H,6-8H2,(H3,17,18,19,23)/t10-,11+/m0/s1. The monoisotopic (exact) mass is 356 g/mol. The highest BCUT2D eigenvalue weighted by atomic mass is 16.6. The van der Waals surface area contributed by atoms with E-state index < -0.39 is 17.8 Å². The average Bonchev–Trinajstić information content (AvgIpc) is 3.27. The molecule has 3 heterocycles. The molecule has 0 radical (unpaired) electrons. The van der Waals surface area contributed by atoms with Crippen molar-refractivity contribution in [3.8, 4) is 0 Å². The zero-order valence-corrected chi connectivity index (χ0v) is 13.7. The zero-order valence-electron chi connectivity index (χ0n) is 13.7. The predicted octanol–water partition coefficient (Wildman–Crippen LogP) is 0.631. The minimum Gasteiger partial charge on any atom is -0.459 e. The van der Waals surface area contributed by atoms with Crippen molar-refractivity contribution in [2.75, 3.05) is 12.3 Å². The third-order valence-corrected chi connectivity index (χ3v) is 4.12. The first-order valence-electron chi connectivity index (χ1n) is 8.10. The summed E-state index contributed by atoms with van der Waals surface area (Å²) in [7, 11) is 0. The summed E-state index contributed by atoms with van der Waals surface area (Å²) in [6, 6.07) is 8.76. The van der Waals surface area contributed by atoms with Gasteiger partial charge in [0.05, 0.1) is 11.7 Å². The first-order valence-corrected chi connectivity index (χ1v) is 8.10. The molecule has 1 aromatic carbocycles. The molecule has 3 aromatic rings. The second-order valence-electron chi connectivity index (χ2n) is 5.91. The summed E-state index contributed by atoms with van der Waals surface area (Å²) in [5, 5.41) is 7.78. The number of carbonyl (C=O) groups excluding carboxylic acids is 1. The fourth-order valence-corrected chi connectivity index (χ4v) is 2.87. The van der Waals surface area contributed by atoms with Crippen molar-refractivity contribution in [3.05, 3.63) is 46.2 Å². The van der Waals surface area contributed by atoms with E-state index in [0.717, 1.165) is 0 Å². The van der Waals surface area contributed by atoms with Crippen LogP contribution in [0.5, 0.6) is 0 Å². The van der Waals surface area contributed by atoms with Crippen LogP contribution in [0.25, 0.3) is 11.2 Å². The lowest BCUT2D eigenvalue weighted by Crippen LogP contribution is -2.20. The molecule has 0 spiro atoms. The number of ether oxygens (including phenoxy) is 2. The number of aromatic nitrogens is 5. The number of esters is 1. The highest BCUT2D eigenvalue weighted by Gasteiger charge is 2.30. The fraction of sp³-hybridized carbons (Fsp3) is 0.312. The molecule has 134 valence electrons. The van der Waals surface area contributed by atoms with Crippen molar-refractivity contribution in [3.63, 3.8) is 0 Å². The molecular weight excluding hydrogens is 340 g/mol. The van der Waals surface area contributed by atoms with Crippen molar-refractivity contribution < 1.29 is 14.3 Å². The lowest BCUT2D eigenvalue weighted by atomic mass is 10.2. The topological polar surface area (TPSA) is 138 Å². The number of anilines is 1. The zero-order chi connectivity index (χ0) is 18.1. The summed E-state index contributed by atoms with van der Waals surface area (Å²) < 4.78 is 12.6. The largest absolute Gasteiger partial charge is 0.459 e. The van der Waals surface area contributed by atoms with Crippen LogP contribution in [0.4, 0.5) is 5.95 Å². The quantitative estimate of drug-likeness (QED) is 0.649. The van der Waals surface area contributed by atoms with Crippen molar-refractivity contribution >= 4 is 23.1 Å². The Morgan fingerprint density at radius 1 is 1.35 bits per heavy atom. The molecule has 3 N–H and O–H groups in total. The van der Waals surface area contributed by atoms with Gasteiger partial charge < -0.3 is 15.2 Å². The van der Waals surface area contributed by atoms with E-state index in [2.05, 4.69) is 20.3 Å². The van der Waals surface area contributed by atoms with Gasteiger partial charge in [-0.05, 0) is 25.0 Å². The Labute approximate surface area is 146 Å². The lowest BCUT2D eigenvalue weighted by Gasteiger charge is -2.14. The van der Waals surface area contributed by atoms with Gasteiger partial charge in [-0.15, -0.1) is 5.10 Å². The predicted molar refractivity (Wildman–Crippen MR) is 90.2 cm³/mol. The summed E-state index contributed by atoms with van der Waals surface area (Å²) in [6.07, 6.45) is 0.577. The Morgan fingerprint density at radius 2 is 2.15 bits per heavy atom. The third-order valence-electron chi connectivity index (χ3n) is 4.12. The molecule has 0 aliphatic carbocycles. The fourth-order valence-electron chi connectivity index (χ4n) is 2.87. The number of benzene rings is 1. The van der Waals surface area contributed by atoms with Crippen LogP contribution < -0.4 is 11.3 Å². The van der Waals surface area contributed by atoms with E-state index in [1.165, 1.54) is 4.68 Å². The summed E-state index contributed by atoms with van der Waals surface area (Å²) in [6.45, 7) is 0.132. The van der Waals surface area contributed by atoms with Crippen molar-refractivity contribution in [2.45, 2.75) is 25.2 Å².